The molecule has 0 aliphatic carbocycles. The highest BCUT2D eigenvalue weighted by Gasteiger charge is 2.07. The van der Waals surface area contributed by atoms with Crippen LogP contribution < -0.4 is 10.6 Å². The number of benzene rings is 1. The topological polar surface area (TPSA) is 76.7 Å². The minimum atomic E-state index is -0.453. The molecular formula is C11H14N2O4. The third kappa shape index (κ3) is 4.12. The average molecular weight is 238 g/mol. The molecule has 0 fully saturated rings. The zero-order chi connectivity index (χ0) is 12.7. The number of nitrogens with one attached hydrogen (secondary N) is 2. The van der Waals surface area contributed by atoms with E-state index in [1.807, 2.05) is 0 Å². The maximum absolute atomic E-state index is 11.3. The number of hydrogen-bond acceptors (Lipinski definition) is 4. The first kappa shape index (κ1) is 13.0. The van der Waals surface area contributed by atoms with E-state index < -0.39 is 12.0 Å². The molecule has 1 aromatic carbocycles. The van der Waals surface area contributed by atoms with Crippen molar-refractivity contribution < 1.29 is 19.1 Å². The van der Waals surface area contributed by atoms with Gasteiger partial charge in [0.05, 0.1) is 12.7 Å². The Morgan fingerprint density at radius 3 is 2.71 bits per heavy atom. The first-order chi connectivity index (χ1) is 8.17. The van der Waals surface area contributed by atoms with Gasteiger partial charge in [-0.05, 0) is 18.2 Å². The summed E-state index contributed by atoms with van der Waals surface area (Å²) in [6.07, 6.45) is 0. The molecule has 0 saturated heterocycles. The fourth-order valence-electron chi connectivity index (χ4n) is 1.15. The molecule has 0 aliphatic rings. The normalized spacial score (nSPS) is 9.53. The van der Waals surface area contributed by atoms with Crippen LogP contribution in [-0.2, 0) is 9.47 Å². The Kier molecular flexibility index (Phi) is 4.96. The van der Waals surface area contributed by atoms with E-state index in [9.17, 15) is 9.59 Å². The van der Waals surface area contributed by atoms with Crippen LogP contribution in [0.4, 0.5) is 10.5 Å². The molecule has 2 amide bonds. The van der Waals surface area contributed by atoms with E-state index in [1.165, 1.54) is 20.3 Å². The number of amides is 2. The summed E-state index contributed by atoms with van der Waals surface area (Å²) in [5.41, 5.74) is 0.874. The number of esters is 1. The van der Waals surface area contributed by atoms with Crippen molar-refractivity contribution in [1.29, 1.82) is 0 Å². The zero-order valence-corrected chi connectivity index (χ0v) is 9.65. The molecule has 0 spiro atoms. The lowest BCUT2D eigenvalue weighted by Gasteiger charge is -2.07. The van der Waals surface area contributed by atoms with Crippen LogP contribution in [0.1, 0.15) is 10.4 Å². The fraction of sp³-hybridized carbons (Fsp3) is 0.273. The summed E-state index contributed by atoms with van der Waals surface area (Å²) in [6.45, 7) is 0.114. The molecule has 1 rings (SSSR count). The van der Waals surface area contributed by atoms with E-state index in [-0.39, 0.29) is 6.73 Å². The summed E-state index contributed by atoms with van der Waals surface area (Å²) in [6, 6.07) is 6.04. The Morgan fingerprint density at radius 2 is 2.06 bits per heavy atom. The zero-order valence-electron chi connectivity index (χ0n) is 9.65. The molecule has 0 saturated carbocycles. The van der Waals surface area contributed by atoms with Crippen LogP contribution in [-0.4, -0.2) is 33.0 Å². The van der Waals surface area contributed by atoms with Gasteiger partial charge >= 0.3 is 12.0 Å². The van der Waals surface area contributed by atoms with E-state index in [4.69, 9.17) is 0 Å². The highest BCUT2D eigenvalue weighted by atomic mass is 16.5. The highest BCUT2D eigenvalue weighted by molar-refractivity contribution is 5.93. The van der Waals surface area contributed by atoms with Gasteiger partial charge in [0.2, 0.25) is 0 Å². The SMILES string of the molecule is COCNC(=O)Nc1cccc(C(=O)OC)c1. The second-order valence-corrected chi connectivity index (χ2v) is 3.14. The summed E-state index contributed by atoms with van der Waals surface area (Å²) in [7, 11) is 2.77. The number of carbonyl (C=O) groups is 2. The predicted octanol–water partition coefficient (Wildman–Crippen LogP) is 1.20. The molecule has 0 unspecified atom stereocenters. The molecule has 6 nitrogen and oxygen atoms in total. The van der Waals surface area contributed by atoms with E-state index in [1.54, 1.807) is 18.2 Å². The van der Waals surface area contributed by atoms with Crippen molar-refractivity contribution in [1.82, 2.24) is 5.32 Å². The van der Waals surface area contributed by atoms with Gasteiger partial charge in [-0.3, -0.25) is 0 Å². The number of anilines is 1. The lowest BCUT2D eigenvalue weighted by Crippen LogP contribution is -2.30. The van der Waals surface area contributed by atoms with Crippen molar-refractivity contribution in [3.05, 3.63) is 29.8 Å². The monoisotopic (exact) mass is 238 g/mol. The van der Waals surface area contributed by atoms with Crippen molar-refractivity contribution >= 4 is 17.7 Å². The fourth-order valence-corrected chi connectivity index (χ4v) is 1.15. The number of methoxy groups -OCH3 is 2. The summed E-state index contributed by atoms with van der Waals surface area (Å²) in [5.74, 6) is -0.453. The number of urea groups is 1. The Bertz CT molecular complexity index is 406. The van der Waals surface area contributed by atoms with Gasteiger partial charge in [-0.1, -0.05) is 6.07 Å². The highest BCUT2D eigenvalue weighted by Crippen LogP contribution is 2.11. The van der Waals surface area contributed by atoms with Crippen molar-refractivity contribution in [2.24, 2.45) is 0 Å². The minimum Gasteiger partial charge on any atom is -0.465 e. The van der Waals surface area contributed by atoms with Gasteiger partial charge in [0, 0.05) is 12.8 Å². The van der Waals surface area contributed by atoms with E-state index in [0.717, 1.165) is 0 Å². The molecular weight excluding hydrogens is 224 g/mol. The Hall–Kier alpha value is -2.08. The molecule has 92 valence electrons. The quantitative estimate of drug-likeness (QED) is 0.610. The van der Waals surface area contributed by atoms with E-state index in [2.05, 4.69) is 20.1 Å². The standard InChI is InChI=1S/C11H14N2O4/c1-16-7-12-11(15)13-9-5-3-4-8(6-9)10(14)17-2/h3-6H,7H2,1-2H3,(H2,12,13,15). The Labute approximate surface area is 98.9 Å². The lowest BCUT2D eigenvalue weighted by molar-refractivity contribution is 0.0600. The smallest absolute Gasteiger partial charge is 0.337 e. The van der Waals surface area contributed by atoms with Gasteiger partial charge < -0.3 is 20.1 Å². The molecule has 0 aliphatic heterocycles. The largest absolute Gasteiger partial charge is 0.465 e. The van der Waals surface area contributed by atoms with Crippen LogP contribution in [0.15, 0.2) is 24.3 Å². The Balaban J connectivity index is 2.65. The van der Waals surface area contributed by atoms with Crippen LogP contribution in [0.5, 0.6) is 0 Å². The molecule has 1 aromatic rings. The number of hydrogen-bond donors (Lipinski definition) is 2. The second kappa shape index (κ2) is 6.49. The van der Waals surface area contributed by atoms with Gasteiger partial charge in [-0.15, -0.1) is 0 Å². The van der Waals surface area contributed by atoms with Crippen molar-refractivity contribution in [3.8, 4) is 0 Å². The molecule has 0 aromatic heterocycles. The minimum absolute atomic E-state index is 0.114. The molecule has 6 heteroatoms. The van der Waals surface area contributed by atoms with E-state index >= 15 is 0 Å². The third-order valence-electron chi connectivity index (χ3n) is 1.92. The number of ether oxygens (including phenoxy) is 2. The molecule has 0 bridgehead atoms. The third-order valence-corrected chi connectivity index (χ3v) is 1.92. The summed E-state index contributed by atoms with van der Waals surface area (Å²) < 4.78 is 9.26. The van der Waals surface area contributed by atoms with Crippen LogP contribution >= 0.6 is 0 Å². The van der Waals surface area contributed by atoms with Gasteiger partial charge in [-0.25, -0.2) is 9.59 Å². The molecule has 0 atom stereocenters. The van der Waals surface area contributed by atoms with Crippen molar-refractivity contribution in [3.63, 3.8) is 0 Å². The van der Waals surface area contributed by atoms with Crippen LogP contribution in [0.3, 0.4) is 0 Å². The van der Waals surface area contributed by atoms with Crippen molar-refractivity contribution in [2.75, 3.05) is 26.3 Å². The maximum atomic E-state index is 11.3. The molecule has 17 heavy (non-hydrogen) atoms. The first-order valence-corrected chi connectivity index (χ1v) is 4.89. The van der Waals surface area contributed by atoms with Crippen LogP contribution in [0.2, 0.25) is 0 Å². The van der Waals surface area contributed by atoms with Crippen LogP contribution in [0.25, 0.3) is 0 Å². The number of carbonyl (C=O) groups excluding carboxylic acids is 2. The lowest BCUT2D eigenvalue weighted by atomic mass is 10.2. The van der Waals surface area contributed by atoms with Gasteiger partial charge in [-0.2, -0.15) is 0 Å². The Morgan fingerprint density at radius 1 is 1.29 bits per heavy atom. The summed E-state index contributed by atoms with van der Waals surface area (Å²) in [4.78, 5) is 22.6. The second-order valence-electron chi connectivity index (χ2n) is 3.14. The van der Waals surface area contributed by atoms with Gasteiger partial charge in [0.1, 0.15) is 6.73 Å². The maximum Gasteiger partial charge on any atom is 0.337 e. The summed E-state index contributed by atoms with van der Waals surface area (Å²) >= 11 is 0. The van der Waals surface area contributed by atoms with Gasteiger partial charge in [0.25, 0.3) is 0 Å². The average Bonchev–Trinajstić information content (AvgIpc) is 2.35. The van der Waals surface area contributed by atoms with E-state index in [0.29, 0.717) is 11.3 Å². The number of rotatable bonds is 4. The molecule has 2 N–H and O–H groups in total. The molecule has 0 radical (unpaired) electrons. The predicted molar refractivity (Wildman–Crippen MR) is 61.8 cm³/mol. The first-order valence-electron chi connectivity index (χ1n) is 4.89. The molecule has 0 heterocycles. The van der Waals surface area contributed by atoms with Crippen LogP contribution in [0, 0.1) is 0 Å². The summed E-state index contributed by atoms with van der Waals surface area (Å²) in [5, 5.41) is 5.01. The van der Waals surface area contributed by atoms with Crippen molar-refractivity contribution in [2.45, 2.75) is 0 Å². The van der Waals surface area contributed by atoms with Gasteiger partial charge in [0.15, 0.2) is 0 Å².